The van der Waals surface area contributed by atoms with Gasteiger partial charge in [-0.05, 0) is 60.4 Å². The molecule has 0 radical (unpaired) electrons. The summed E-state index contributed by atoms with van der Waals surface area (Å²) in [5, 5.41) is 9.44. The minimum absolute atomic E-state index is 0.0786. The molecule has 0 saturated carbocycles. The van der Waals surface area contributed by atoms with E-state index in [0.717, 1.165) is 16.9 Å². The van der Waals surface area contributed by atoms with Gasteiger partial charge in [0.25, 0.3) is 0 Å². The Morgan fingerprint density at radius 3 is 2.81 bits per heavy atom. The fourth-order valence-corrected chi connectivity index (χ4v) is 3.30. The van der Waals surface area contributed by atoms with Gasteiger partial charge in [-0.3, -0.25) is 4.79 Å². The van der Waals surface area contributed by atoms with Crippen LogP contribution >= 0.6 is 0 Å². The quantitative estimate of drug-likeness (QED) is 0.774. The lowest BCUT2D eigenvalue weighted by Gasteiger charge is -2.05. The highest BCUT2D eigenvalue weighted by atomic mass is 16.5. The molecule has 0 aliphatic heterocycles. The maximum Gasteiger partial charge on any atom is 0.335 e. The molecule has 4 rings (SSSR count). The maximum atomic E-state index is 12.8. The number of fused-ring (bicyclic) bond motifs is 2. The van der Waals surface area contributed by atoms with Crippen LogP contribution in [0.3, 0.4) is 0 Å². The van der Waals surface area contributed by atoms with E-state index >= 15 is 0 Å². The van der Waals surface area contributed by atoms with Crippen molar-refractivity contribution in [3.8, 4) is 5.75 Å². The first-order valence-electron chi connectivity index (χ1n) is 8.25. The second-order valence-corrected chi connectivity index (χ2v) is 6.20. The summed E-state index contributed by atoms with van der Waals surface area (Å²) in [5.41, 5.74) is 2.85. The predicted molar refractivity (Wildman–Crippen MR) is 98.6 cm³/mol. The Balaban J connectivity index is 1.85. The summed E-state index contributed by atoms with van der Waals surface area (Å²) in [4.78, 5) is 23.9. The van der Waals surface area contributed by atoms with Gasteiger partial charge in [-0.15, -0.1) is 0 Å². The van der Waals surface area contributed by atoms with Gasteiger partial charge < -0.3 is 14.3 Å². The van der Waals surface area contributed by atoms with E-state index in [0.29, 0.717) is 35.1 Å². The van der Waals surface area contributed by atoms with E-state index < -0.39 is 5.97 Å². The van der Waals surface area contributed by atoms with Crippen LogP contribution < -0.4 is 10.2 Å². The zero-order chi connectivity index (χ0) is 18.3. The van der Waals surface area contributed by atoms with Crippen molar-refractivity contribution in [3.63, 3.8) is 0 Å². The van der Waals surface area contributed by atoms with E-state index in [-0.39, 0.29) is 11.0 Å². The number of carboxylic acids is 1. The highest BCUT2D eigenvalue weighted by Crippen LogP contribution is 2.34. The largest absolute Gasteiger partial charge is 0.497 e. The summed E-state index contributed by atoms with van der Waals surface area (Å²) in [6, 6.07) is 12.0. The fourth-order valence-electron chi connectivity index (χ4n) is 3.30. The molecule has 5 heteroatoms. The van der Waals surface area contributed by atoms with Crippen molar-refractivity contribution in [2.75, 3.05) is 7.11 Å². The zero-order valence-corrected chi connectivity index (χ0v) is 14.1. The maximum absolute atomic E-state index is 12.8. The number of hydrogen-bond acceptors (Lipinski definition) is 4. The van der Waals surface area contributed by atoms with Gasteiger partial charge in [-0.2, -0.15) is 0 Å². The highest BCUT2D eigenvalue weighted by Gasteiger charge is 2.24. The Morgan fingerprint density at radius 2 is 2.04 bits per heavy atom. The molecule has 0 bridgehead atoms. The van der Waals surface area contributed by atoms with E-state index in [2.05, 4.69) is 0 Å². The van der Waals surface area contributed by atoms with Crippen LogP contribution in [0.4, 0.5) is 0 Å². The summed E-state index contributed by atoms with van der Waals surface area (Å²) in [6.07, 6.45) is 3.28. The molecule has 5 nitrogen and oxygen atoms in total. The lowest BCUT2D eigenvalue weighted by Crippen LogP contribution is -2.09. The average molecular weight is 348 g/mol. The number of carbonyl (C=O) groups is 1. The lowest BCUT2D eigenvalue weighted by atomic mass is 10.1. The molecule has 0 fully saturated rings. The third-order valence-corrected chi connectivity index (χ3v) is 4.60. The summed E-state index contributed by atoms with van der Waals surface area (Å²) in [6.45, 7) is 0. The van der Waals surface area contributed by atoms with Crippen LogP contribution in [-0.4, -0.2) is 18.2 Å². The minimum Gasteiger partial charge on any atom is -0.497 e. The second kappa shape index (κ2) is 6.19. The topological polar surface area (TPSA) is 76.7 Å². The van der Waals surface area contributed by atoms with Crippen LogP contribution in [0.25, 0.3) is 22.6 Å². The zero-order valence-electron chi connectivity index (χ0n) is 14.1. The van der Waals surface area contributed by atoms with Crippen molar-refractivity contribution < 1.29 is 19.1 Å². The first-order chi connectivity index (χ1) is 12.6. The number of rotatable bonds is 3. The summed E-state index contributed by atoms with van der Waals surface area (Å²) in [5.74, 6) is 0.289. The van der Waals surface area contributed by atoms with Crippen LogP contribution in [0.15, 0.2) is 51.7 Å². The Bertz CT molecular complexity index is 1120. The third kappa shape index (κ3) is 2.67. The van der Waals surface area contributed by atoms with Gasteiger partial charge in [0.15, 0.2) is 5.43 Å². The molecular weight excluding hydrogens is 332 g/mol. The van der Waals surface area contributed by atoms with E-state index in [9.17, 15) is 9.59 Å². The lowest BCUT2D eigenvalue weighted by molar-refractivity contribution is 0.0697. The summed E-state index contributed by atoms with van der Waals surface area (Å²) >= 11 is 0. The van der Waals surface area contributed by atoms with Crippen molar-refractivity contribution in [2.24, 2.45) is 0 Å². The molecular formula is C21H16O5. The van der Waals surface area contributed by atoms with Gasteiger partial charge in [0, 0.05) is 5.56 Å². The van der Waals surface area contributed by atoms with Gasteiger partial charge in [-0.1, -0.05) is 12.1 Å². The SMILES string of the molecule is COc1cccc(/C=C2\CCc3c2oc2ccc(C(=O)O)cc2c3=O)c1. The van der Waals surface area contributed by atoms with Gasteiger partial charge >= 0.3 is 5.97 Å². The molecule has 1 N–H and O–H groups in total. The smallest absolute Gasteiger partial charge is 0.335 e. The Hall–Kier alpha value is -3.34. The van der Waals surface area contributed by atoms with E-state index in [4.69, 9.17) is 14.3 Å². The van der Waals surface area contributed by atoms with Crippen LogP contribution in [0.2, 0.25) is 0 Å². The Morgan fingerprint density at radius 1 is 1.19 bits per heavy atom. The van der Waals surface area contributed by atoms with Crippen molar-refractivity contribution in [3.05, 3.63) is 75.1 Å². The molecule has 0 saturated heterocycles. The molecule has 0 amide bonds. The first-order valence-corrected chi connectivity index (χ1v) is 8.25. The van der Waals surface area contributed by atoms with E-state index in [1.54, 1.807) is 13.2 Å². The van der Waals surface area contributed by atoms with Gasteiger partial charge in [-0.25, -0.2) is 4.79 Å². The van der Waals surface area contributed by atoms with Crippen LogP contribution in [0.5, 0.6) is 5.75 Å². The molecule has 2 aromatic carbocycles. The molecule has 130 valence electrons. The number of carboxylic acid groups (broad SMARTS) is 1. The van der Waals surface area contributed by atoms with Crippen LogP contribution in [0, 0.1) is 0 Å². The van der Waals surface area contributed by atoms with Crippen LogP contribution in [0.1, 0.15) is 33.7 Å². The number of allylic oxidation sites excluding steroid dienone is 1. The molecule has 26 heavy (non-hydrogen) atoms. The summed E-state index contributed by atoms with van der Waals surface area (Å²) < 4.78 is 11.2. The van der Waals surface area contributed by atoms with Crippen LogP contribution in [-0.2, 0) is 6.42 Å². The van der Waals surface area contributed by atoms with Gasteiger partial charge in [0.05, 0.1) is 18.1 Å². The molecule has 0 atom stereocenters. The van der Waals surface area contributed by atoms with Crippen molar-refractivity contribution >= 4 is 28.6 Å². The monoisotopic (exact) mass is 348 g/mol. The number of aromatic carboxylic acids is 1. The van der Waals surface area contributed by atoms with Crippen molar-refractivity contribution in [1.29, 1.82) is 0 Å². The molecule has 1 aromatic heterocycles. The number of benzene rings is 2. The van der Waals surface area contributed by atoms with Crippen molar-refractivity contribution in [2.45, 2.75) is 12.8 Å². The fraction of sp³-hybridized carbons (Fsp3) is 0.143. The predicted octanol–water partition coefficient (Wildman–Crippen LogP) is 3.99. The molecule has 1 aliphatic carbocycles. The first kappa shape index (κ1) is 16.1. The summed E-state index contributed by atoms with van der Waals surface area (Å²) in [7, 11) is 1.62. The number of ether oxygens (including phenoxy) is 1. The molecule has 1 aliphatic rings. The van der Waals surface area contributed by atoms with Gasteiger partial charge in [0.1, 0.15) is 17.1 Å². The van der Waals surface area contributed by atoms with Gasteiger partial charge in [0.2, 0.25) is 0 Å². The number of hydrogen-bond donors (Lipinski definition) is 1. The molecule has 3 aromatic rings. The molecule has 0 spiro atoms. The van der Waals surface area contributed by atoms with Crippen molar-refractivity contribution in [1.82, 2.24) is 0 Å². The number of methoxy groups -OCH3 is 1. The normalized spacial score (nSPS) is 14.6. The Labute approximate surface area is 149 Å². The Kier molecular flexibility index (Phi) is 3.84. The average Bonchev–Trinajstić information content (AvgIpc) is 3.04. The molecule has 0 unspecified atom stereocenters. The molecule has 1 heterocycles. The highest BCUT2D eigenvalue weighted by molar-refractivity contribution is 5.94. The standard InChI is InChI=1S/C21H16O5/c1-25-15-4-2-3-12(10-15)9-13-5-7-16-19(22)17-11-14(21(23)24)6-8-18(17)26-20(13)16/h2-4,6,8-11H,5,7H2,1H3,(H,23,24)/b13-9+. The van der Waals surface area contributed by atoms with E-state index in [1.165, 1.54) is 12.1 Å². The van der Waals surface area contributed by atoms with E-state index in [1.807, 2.05) is 30.3 Å². The second-order valence-electron chi connectivity index (χ2n) is 6.20. The minimum atomic E-state index is -1.06. The third-order valence-electron chi connectivity index (χ3n) is 4.60.